The highest BCUT2D eigenvalue weighted by atomic mass is 35.5. The van der Waals surface area contributed by atoms with Crippen molar-refractivity contribution >= 4 is 34.8 Å². The minimum Gasteiger partial charge on any atom is -0.493 e. The molecule has 0 spiro atoms. The van der Waals surface area contributed by atoms with E-state index in [0.29, 0.717) is 17.2 Å². The van der Waals surface area contributed by atoms with Crippen LogP contribution in [0.5, 0.6) is 11.5 Å². The van der Waals surface area contributed by atoms with Gasteiger partial charge in [-0.1, -0.05) is 11.6 Å². The van der Waals surface area contributed by atoms with Gasteiger partial charge in [0.2, 0.25) is 5.91 Å². The molecule has 0 heterocycles. The van der Waals surface area contributed by atoms with Gasteiger partial charge in [-0.15, -0.1) is 0 Å². The van der Waals surface area contributed by atoms with E-state index in [0.717, 1.165) is 6.07 Å². The largest absolute Gasteiger partial charge is 0.493 e. The number of amides is 2. The third kappa shape index (κ3) is 4.39. The molecule has 0 saturated heterocycles. The lowest BCUT2D eigenvalue weighted by Crippen LogP contribution is -2.13. The van der Waals surface area contributed by atoms with Crippen molar-refractivity contribution in [3.05, 3.63) is 46.7 Å². The second-order valence-electron chi connectivity index (χ2n) is 5.02. The van der Waals surface area contributed by atoms with Crippen molar-refractivity contribution in [1.29, 1.82) is 0 Å². The number of nitrogens with one attached hydrogen (secondary N) is 2. The molecule has 0 atom stereocenters. The first-order valence-electron chi connectivity index (χ1n) is 7.15. The number of benzene rings is 2. The van der Waals surface area contributed by atoms with Crippen LogP contribution in [0.1, 0.15) is 17.3 Å². The Labute approximate surface area is 148 Å². The van der Waals surface area contributed by atoms with Crippen LogP contribution in [0.2, 0.25) is 5.02 Å². The minimum atomic E-state index is -0.609. The van der Waals surface area contributed by atoms with Gasteiger partial charge in [0.05, 0.1) is 24.9 Å². The maximum Gasteiger partial charge on any atom is 0.255 e. The Hall–Kier alpha value is -2.80. The summed E-state index contributed by atoms with van der Waals surface area (Å²) in [4.78, 5) is 23.5. The summed E-state index contributed by atoms with van der Waals surface area (Å²) < 4.78 is 23.9. The zero-order chi connectivity index (χ0) is 18.6. The summed E-state index contributed by atoms with van der Waals surface area (Å²) in [5.41, 5.74) is 0.504. The lowest BCUT2D eigenvalue weighted by atomic mass is 10.1. The normalized spacial score (nSPS) is 10.1. The highest BCUT2D eigenvalue weighted by Crippen LogP contribution is 2.36. The van der Waals surface area contributed by atoms with E-state index in [4.69, 9.17) is 21.1 Å². The van der Waals surface area contributed by atoms with Crippen LogP contribution in [0, 0.1) is 5.82 Å². The van der Waals surface area contributed by atoms with Gasteiger partial charge in [0.1, 0.15) is 5.82 Å². The molecule has 0 bridgehead atoms. The maximum absolute atomic E-state index is 13.7. The van der Waals surface area contributed by atoms with Gasteiger partial charge in [0.15, 0.2) is 11.5 Å². The Morgan fingerprint density at radius 1 is 1.08 bits per heavy atom. The zero-order valence-electron chi connectivity index (χ0n) is 13.8. The van der Waals surface area contributed by atoms with Gasteiger partial charge in [-0.25, -0.2) is 4.39 Å². The van der Waals surface area contributed by atoms with Crippen LogP contribution in [0.4, 0.5) is 15.8 Å². The number of anilines is 2. The predicted octanol–water partition coefficient (Wildman–Crippen LogP) is 3.71. The Bertz CT molecular complexity index is 827. The Kier molecular flexibility index (Phi) is 5.82. The molecule has 0 radical (unpaired) electrons. The third-order valence-electron chi connectivity index (χ3n) is 3.23. The fourth-order valence-corrected chi connectivity index (χ4v) is 2.43. The molecule has 6 nitrogen and oxygen atoms in total. The summed E-state index contributed by atoms with van der Waals surface area (Å²) in [5, 5.41) is 5.16. The van der Waals surface area contributed by atoms with Gasteiger partial charge < -0.3 is 20.1 Å². The molecule has 0 aromatic heterocycles. The summed E-state index contributed by atoms with van der Waals surface area (Å²) in [7, 11) is 2.86. The molecule has 132 valence electrons. The van der Waals surface area contributed by atoms with E-state index in [1.165, 1.54) is 45.4 Å². The molecule has 0 fully saturated rings. The SMILES string of the molecule is COc1cc(C(=O)Nc2ccc(F)c(NC(C)=O)c2)cc(Cl)c1OC. The van der Waals surface area contributed by atoms with Gasteiger partial charge >= 0.3 is 0 Å². The first-order valence-corrected chi connectivity index (χ1v) is 7.53. The summed E-state index contributed by atoms with van der Waals surface area (Å²) in [6.07, 6.45) is 0. The van der Waals surface area contributed by atoms with Crippen LogP contribution in [0.25, 0.3) is 0 Å². The average molecular weight is 367 g/mol. The number of hydrogen-bond acceptors (Lipinski definition) is 4. The molecule has 0 aliphatic rings. The molecule has 2 aromatic carbocycles. The Morgan fingerprint density at radius 2 is 1.80 bits per heavy atom. The topological polar surface area (TPSA) is 76.7 Å². The van der Waals surface area contributed by atoms with Gasteiger partial charge in [-0.05, 0) is 30.3 Å². The smallest absolute Gasteiger partial charge is 0.255 e. The number of carbonyl (C=O) groups is 2. The molecule has 0 aliphatic heterocycles. The van der Waals surface area contributed by atoms with Crippen LogP contribution in [0.3, 0.4) is 0 Å². The number of hydrogen-bond donors (Lipinski definition) is 2. The van der Waals surface area contributed by atoms with E-state index in [2.05, 4.69) is 10.6 Å². The summed E-state index contributed by atoms with van der Waals surface area (Å²) in [6.45, 7) is 1.26. The first kappa shape index (κ1) is 18.5. The van der Waals surface area contributed by atoms with Crippen molar-refractivity contribution in [2.24, 2.45) is 0 Å². The van der Waals surface area contributed by atoms with Gasteiger partial charge in [0.25, 0.3) is 5.91 Å². The quantitative estimate of drug-likeness (QED) is 0.845. The second kappa shape index (κ2) is 7.85. The molecule has 25 heavy (non-hydrogen) atoms. The van der Waals surface area contributed by atoms with Crippen LogP contribution in [-0.4, -0.2) is 26.0 Å². The van der Waals surface area contributed by atoms with Crippen molar-refractivity contribution in [2.75, 3.05) is 24.9 Å². The van der Waals surface area contributed by atoms with Crippen LogP contribution in [0.15, 0.2) is 30.3 Å². The molecule has 8 heteroatoms. The summed E-state index contributed by atoms with van der Waals surface area (Å²) in [5.74, 6) is -0.895. The average Bonchev–Trinajstić information content (AvgIpc) is 2.56. The highest BCUT2D eigenvalue weighted by Gasteiger charge is 2.16. The van der Waals surface area contributed by atoms with E-state index >= 15 is 0 Å². The van der Waals surface area contributed by atoms with Crippen LogP contribution in [-0.2, 0) is 4.79 Å². The predicted molar refractivity (Wildman–Crippen MR) is 93.2 cm³/mol. The van der Waals surface area contributed by atoms with E-state index < -0.39 is 17.6 Å². The molecule has 0 aliphatic carbocycles. The van der Waals surface area contributed by atoms with Crippen LogP contribution < -0.4 is 20.1 Å². The number of carbonyl (C=O) groups excluding carboxylic acids is 2. The standard InChI is InChI=1S/C17H16ClFN2O4/c1-9(22)20-14-8-11(4-5-13(14)19)21-17(23)10-6-12(18)16(25-3)15(7-10)24-2/h4-8H,1-3H3,(H,20,22)(H,21,23). The number of halogens is 2. The molecule has 0 unspecified atom stereocenters. The second-order valence-corrected chi connectivity index (χ2v) is 5.43. The van der Waals surface area contributed by atoms with Crippen molar-refractivity contribution < 1.29 is 23.5 Å². The monoisotopic (exact) mass is 366 g/mol. The first-order chi connectivity index (χ1) is 11.8. The zero-order valence-corrected chi connectivity index (χ0v) is 14.5. The Balaban J connectivity index is 2.28. The molecule has 2 aromatic rings. The lowest BCUT2D eigenvalue weighted by Gasteiger charge is -2.12. The van der Waals surface area contributed by atoms with Crippen molar-refractivity contribution in [3.63, 3.8) is 0 Å². The lowest BCUT2D eigenvalue weighted by molar-refractivity contribution is -0.114. The molecule has 0 saturated carbocycles. The van der Waals surface area contributed by atoms with E-state index in [9.17, 15) is 14.0 Å². The van der Waals surface area contributed by atoms with Gasteiger partial charge in [-0.2, -0.15) is 0 Å². The van der Waals surface area contributed by atoms with E-state index in [1.54, 1.807) is 0 Å². The maximum atomic E-state index is 13.7. The van der Waals surface area contributed by atoms with Gasteiger partial charge in [0, 0.05) is 18.2 Å². The number of methoxy groups -OCH3 is 2. The molecular formula is C17H16ClFN2O4. The molecule has 2 amide bonds. The highest BCUT2D eigenvalue weighted by molar-refractivity contribution is 6.32. The fourth-order valence-electron chi connectivity index (χ4n) is 2.14. The fraction of sp³-hybridized carbons (Fsp3) is 0.176. The number of ether oxygens (including phenoxy) is 2. The minimum absolute atomic E-state index is 0.0318. The molecular weight excluding hydrogens is 351 g/mol. The molecule has 2 rings (SSSR count). The number of rotatable bonds is 5. The summed E-state index contributed by atoms with van der Waals surface area (Å²) >= 11 is 6.08. The molecule has 2 N–H and O–H groups in total. The Morgan fingerprint density at radius 3 is 2.40 bits per heavy atom. The van der Waals surface area contributed by atoms with Gasteiger partial charge in [-0.3, -0.25) is 9.59 Å². The van der Waals surface area contributed by atoms with E-state index in [-0.39, 0.29) is 16.3 Å². The van der Waals surface area contributed by atoms with E-state index in [1.807, 2.05) is 0 Å². The van der Waals surface area contributed by atoms with Crippen molar-refractivity contribution in [2.45, 2.75) is 6.92 Å². The van der Waals surface area contributed by atoms with Crippen molar-refractivity contribution in [1.82, 2.24) is 0 Å². The van der Waals surface area contributed by atoms with Crippen LogP contribution >= 0.6 is 11.6 Å². The van der Waals surface area contributed by atoms with Crippen molar-refractivity contribution in [3.8, 4) is 11.5 Å². The summed E-state index contributed by atoms with van der Waals surface area (Å²) in [6, 6.07) is 6.73. The third-order valence-corrected chi connectivity index (χ3v) is 3.51.